The van der Waals surface area contributed by atoms with Crippen LogP contribution >= 0.6 is 11.3 Å². The molecule has 0 saturated carbocycles. The maximum absolute atomic E-state index is 12.6. The smallest absolute Gasteiger partial charge is 0.247 e. The van der Waals surface area contributed by atoms with Crippen LogP contribution in [0.1, 0.15) is 46.4 Å². The van der Waals surface area contributed by atoms with Gasteiger partial charge in [0.25, 0.3) is 0 Å². The first-order valence-corrected chi connectivity index (χ1v) is 10.3. The zero-order valence-electron chi connectivity index (χ0n) is 15.9. The van der Waals surface area contributed by atoms with E-state index in [0.717, 1.165) is 53.7 Å². The average molecular weight is 395 g/mol. The molecule has 1 aromatic heterocycles. The number of nitriles is 1. The van der Waals surface area contributed by atoms with Crippen molar-refractivity contribution in [3.63, 3.8) is 0 Å². The van der Waals surface area contributed by atoms with Crippen molar-refractivity contribution in [1.82, 2.24) is 0 Å². The minimum absolute atomic E-state index is 0.00559. The van der Waals surface area contributed by atoms with Crippen molar-refractivity contribution in [2.45, 2.75) is 52.0 Å². The number of hydrogen-bond acceptors (Lipinski definition) is 5. The summed E-state index contributed by atoms with van der Waals surface area (Å²) in [6.45, 7) is 4.01. The monoisotopic (exact) mass is 394 g/mol. The number of nitrogens with one attached hydrogen (secondary N) is 3. The quantitative estimate of drug-likeness (QED) is 0.736. The van der Waals surface area contributed by atoms with Gasteiger partial charge in [0, 0.05) is 4.88 Å². The molecule has 0 radical (unpaired) electrons. The molecule has 0 fully saturated rings. The lowest BCUT2D eigenvalue weighted by Crippen LogP contribution is -2.41. The van der Waals surface area contributed by atoms with Gasteiger partial charge in [0.05, 0.1) is 23.4 Å². The minimum atomic E-state index is -0.644. The Hall–Kier alpha value is -2.85. The third-order valence-corrected chi connectivity index (χ3v) is 6.67. The maximum Gasteiger partial charge on any atom is 0.247 e. The highest BCUT2D eigenvalue weighted by atomic mass is 32.1. The Morgan fingerprint density at radius 2 is 1.96 bits per heavy atom. The van der Waals surface area contributed by atoms with Gasteiger partial charge in [-0.1, -0.05) is 0 Å². The van der Waals surface area contributed by atoms with Crippen molar-refractivity contribution in [1.29, 1.82) is 5.26 Å². The second-order valence-corrected chi connectivity index (χ2v) is 8.55. The van der Waals surface area contributed by atoms with Gasteiger partial charge in [-0.3, -0.25) is 9.59 Å². The van der Waals surface area contributed by atoms with Crippen LogP contribution in [0.2, 0.25) is 0 Å². The van der Waals surface area contributed by atoms with Crippen LogP contribution in [0.3, 0.4) is 0 Å². The first kappa shape index (κ1) is 18.5. The van der Waals surface area contributed by atoms with Crippen LogP contribution < -0.4 is 16.0 Å². The number of rotatable bonds is 3. The van der Waals surface area contributed by atoms with Gasteiger partial charge in [0.1, 0.15) is 17.1 Å². The van der Waals surface area contributed by atoms with Crippen molar-refractivity contribution in [3.8, 4) is 6.07 Å². The number of carbonyl (C=O) groups excluding carboxylic acids is 2. The van der Waals surface area contributed by atoms with E-state index < -0.39 is 6.04 Å². The van der Waals surface area contributed by atoms with Crippen LogP contribution in [0.15, 0.2) is 12.1 Å². The standard InChI is InChI=1S/C21H22N4O2S/c1-11-7-15-16(8-12(11)2)24-20(27)17(23-15)9-19(26)25-21-14(10-22)13-5-3-4-6-18(13)28-21/h7-8,17,23H,3-6,9H2,1-2H3,(H,24,27)(H,25,26). The summed E-state index contributed by atoms with van der Waals surface area (Å²) >= 11 is 1.49. The summed E-state index contributed by atoms with van der Waals surface area (Å²) in [5.74, 6) is -0.494. The molecule has 7 heteroatoms. The number of thiophene rings is 1. The Bertz CT molecular complexity index is 1020. The molecule has 6 nitrogen and oxygen atoms in total. The molecule has 2 aliphatic rings. The summed E-state index contributed by atoms with van der Waals surface area (Å²) in [7, 11) is 0. The summed E-state index contributed by atoms with van der Waals surface area (Å²) in [4.78, 5) is 26.2. The first-order chi connectivity index (χ1) is 13.5. The minimum Gasteiger partial charge on any atom is -0.372 e. The van der Waals surface area contributed by atoms with Crippen LogP contribution in [-0.2, 0) is 22.4 Å². The molecule has 2 amide bonds. The Morgan fingerprint density at radius 1 is 1.25 bits per heavy atom. The molecule has 2 aromatic rings. The molecule has 3 N–H and O–H groups in total. The molecule has 144 valence electrons. The van der Waals surface area contributed by atoms with Crippen LogP contribution in [0.5, 0.6) is 0 Å². The van der Waals surface area contributed by atoms with E-state index >= 15 is 0 Å². The maximum atomic E-state index is 12.6. The largest absolute Gasteiger partial charge is 0.372 e. The normalized spacial score (nSPS) is 17.6. The fourth-order valence-corrected chi connectivity index (χ4v) is 5.05. The summed E-state index contributed by atoms with van der Waals surface area (Å²) in [5, 5.41) is 19.1. The lowest BCUT2D eigenvalue weighted by atomic mass is 9.96. The predicted octanol–water partition coefficient (Wildman–Crippen LogP) is 3.88. The van der Waals surface area contributed by atoms with E-state index in [1.165, 1.54) is 16.2 Å². The van der Waals surface area contributed by atoms with Gasteiger partial charge >= 0.3 is 0 Å². The van der Waals surface area contributed by atoms with E-state index in [1.807, 2.05) is 26.0 Å². The van der Waals surface area contributed by atoms with Crippen molar-refractivity contribution < 1.29 is 9.59 Å². The molecular formula is C21H22N4O2S. The summed E-state index contributed by atoms with van der Waals surface area (Å²) in [6.07, 6.45) is 4.07. The number of carbonyl (C=O) groups is 2. The van der Waals surface area contributed by atoms with E-state index in [4.69, 9.17) is 0 Å². The molecule has 28 heavy (non-hydrogen) atoms. The van der Waals surface area contributed by atoms with Crippen molar-refractivity contribution in [2.24, 2.45) is 0 Å². The molecule has 4 rings (SSSR count). The molecule has 1 unspecified atom stereocenters. The molecule has 1 aliphatic carbocycles. The van der Waals surface area contributed by atoms with E-state index in [1.54, 1.807) is 0 Å². The van der Waals surface area contributed by atoms with Gasteiger partial charge in [-0.25, -0.2) is 0 Å². The van der Waals surface area contributed by atoms with Gasteiger partial charge in [-0.05, 0) is 68.4 Å². The number of hydrogen-bond donors (Lipinski definition) is 3. The van der Waals surface area contributed by atoms with E-state index in [9.17, 15) is 14.9 Å². The average Bonchev–Trinajstić information content (AvgIpc) is 3.01. The van der Waals surface area contributed by atoms with Gasteiger partial charge in [-0.15, -0.1) is 11.3 Å². The highest BCUT2D eigenvalue weighted by Crippen LogP contribution is 2.38. The molecule has 2 heterocycles. The van der Waals surface area contributed by atoms with Crippen molar-refractivity contribution >= 4 is 39.5 Å². The summed E-state index contributed by atoms with van der Waals surface area (Å²) < 4.78 is 0. The van der Waals surface area contributed by atoms with E-state index in [0.29, 0.717) is 10.6 Å². The Balaban J connectivity index is 1.49. The predicted molar refractivity (Wildman–Crippen MR) is 111 cm³/mol. The van der Waals surface area contributed by atoms with E-state index in [-0.39, 0.29) is 18.2 Å². The van der Waals surface area contributed by atoms with Gasteiger partial charge in [0.2, 0.25) is 11.8 Å². The zero-order chi connectivity index (χ0) is 19.8. The van der Waals surface area contributed by atoms with Crippen LogP contribution in [0, 0.1) is 25.2 Å². The van der Waals surface area contributed by atoms with E-state index in [2.05, 4.69) is 22.0 Å². The summed E-state index contributed by atoms with van der Waals surface area (Å²) in [6, 6.07) is 5.52. The Labute approximate surface area is 167 Å². The van der Waals surface area contributed by atoms with Gasteiger partial charge in [0.15, 0.2) is 0 Å². The lowest BCUT2D eigenvalue weighted by molar-refractivity contribution is -0.122. The summed E-state index contributed by atoms with van der Waals surface area (Å²) in [5.41, 5.74) is 5.45. The van der Waals surface area contributed by atoms with Gasteiger partial charge < -0.3 is 16.0 Å². The molecule has 0 bridgehead atoms. The lowest BCUT2D eigenvalue weighted by Gasteiger charge is -2.27. The fourth-order valence-electron chi connectivity index (χ4n) is 3.79. The number of fused-ring (bicyclic) bond motifs is 2. The second kappa shape index (κ2) is 7.28. The zero-order valence-corrected chi connectivity index (χ0v) is 16.8. The Morgan fingerprint density at radius 3 is 2.71 bits per heavy atom. The molecule has 1 aromatic carbocycles. The Kier molecular flexibility index (Phi) is 4.82. The van der Waals surface area contributed by atoms with Crippen molar-refractivity contribution in [2.75, 3.05) is 16.0 Å². The number of benzene rings is 1. The third-order valence-electron chi connectivity index (χ3n) is 5.46. The van der Waals surface area contributed by atoms with Crippen molar-refractivity contribution in [3.05, 3.63) is 39.3 Å². The van der Waals surface area contributed by atoms with Crippen LogP contribution in [-0.4, -0.2) is 17.9 Å². The highest BCUT2D eigenvalue weighted by molar-refractivity contribution is 7.16. The number of nitrogens with zero attached hydrogens (tertiary/aromatic N) is 1. The number of amides is 2. The van der Waals surface area contributed by atoms with Crippen LogP contribution in [0.25, 0.3) is 0 Å². The molecule has 0 saturated heterocycles. The van der Waals surface area contributed by atoms with Crippen LogP contribution in [0.4, 0.5) is 16.4 Å². The topological polar surface area (TPSA) is 94.0 Å². The van der Waals surface area contributed by atoms with Gasteiger partial charge in [-0.2, -0.15) is 5.26 Å². The number of anilines is 3. The third kappa shape index (κ3) is 3.36. The number of aryl methyl sites for hydroxylation is 3. The second-order valence-electron chi connectivity index (χ2n) is 7.45. The molecular weight excluding hydrogens is 372 g/mol. The molecule has 0 spiro atoms. The first-order valence-electron chi connectivity index (χ1n) is 9.49. The fraction of sp³-hybridized carbons (Fsp3) is 0.381. The molecule has 1 atom stereocenters. The molecule has 1 aliphatic heterocycles. The highest BCUT2D eigenvalue weighted by Gasteiger charge is 2.29. The SMILES string of the molecule is Cc1cc2c(cc1C)NC(CC(=O)Nc1sc3c(c1C#N)CCCC3)C(=O)N2.